The molecule has 0 fully saturated rings. The van der Waals surface area contributed by atoms with Crippen molar-refractivity contribution in [2.45, 2.75) is 32.8 Å². The molecule has 0 radical (unpaired) electrons. The van der Waals surface area contributed by atoms with E-state index in [1.165, 1.54) is 0 Å². The third-order valence-corrected chi connectivity index (χ3v) is 7.13. The second-order valence-corrected chi connectivity index (χ2v) is 11.7. The van der Waals surface area contributed by atoms with Crippen LogP contribution < -0.4 is 0 Å². The summed E-state index contributed by atoms with van der Waals surface area (Å²) < 4.78 is 5.47. The van der Waals surface area contributed by atoms with E-state index >= 15 is 0 Å². The number of benzene rings is 3. The van der Waals surface area contributed by atoms with Gasteiger partial charge in [-0.15, -0.1) is 0 Å². The Morgan fingerprint density at radius 3 is 1.52 bits per heavy atom. The molecule has 0 saturated heterocycles. The van der Waals surface area contributed by atoms with Crippen molar-refractivity contribution in [1.82, 2.24) is 15.0 Å². The topological polar surface area (TPSA) is 65.0 Å². The molecule has 0 amide bonds. The maximum absolute atomic E-state index is 12.3. The zero-order valence-corrected chi connectivity index (χ0v) is 25.1. The molecule has 0 unspecified atom stereocenters. The molecule has 6 aromatic rings. The van der Waals surface area contributed by atoms with Crippen molar-refractivity contribution in [3.05, 3.63) is 139 Å². The minimum absolute atomic E-state index is 0.222. The van der Waals surface area contributed by atoms with Gasteiger partial charge in [-0.2, -0.15) is 0 Å². The van der Waals surface area contributed by atoms with E-state index in [4.69, 9.17) is 9.72 Å². The second kappa shape index (κ2) is 12.4. The Balaban J connectivity index is 1.30. The maximum Gasteiger partial charge on any atom is 0.310 e. The number of aromatic nitrogens is 3. The summed E-state index contributed by atoms with van der Waals surface area (Å²) in [4.78, 5) is 26.3. The zero-order chi connectivity index (χ0) is 30.5. The Morgan fingerprint density at radius 2 is 1.05 bits per heavy atom. The van der Waals surface area contributed by atoms with Gasteiger partial charge < -0.3 is 4.74 Å². The van der Waals surface area contributed by atoms with Gasteiger partial charge in [0.2, 0.25) is 0 Å². The van der Waals surface area contributed by atoms with Crippen molar-refractivity contribution >= 4 is 5.97 Å². The van der Waals surface area contributed by atoms with E-state index in [9.17, 15) is 4.79 Å². The summed E-state index contributed by atoms with van der Waals surface area (Å²) in [5, 5.41) is 0. The SMILES string of the molecule is CC(C)(C)OC(=O)Cc1ccc(-c2cccc(-c3cccc(-c4cc(-c5ccccn5)nc(-c5ccccn5)c4)c3)c2)cc1. The van der Waals surface area contributed by atoms with Gasteiger partial charge in [0.25, 0.3) is 0 Å². The first-order valence-corrected chi connectivity index (χ1v) is 14.7. The van der Waals surface area contributed by atoms with Crippen molar-refractivity contribution in [3.63, 3.8) is 0 Å². The fraction of sp³-hybridized carbons (Fsp3) is 0.128. The third-order valence-electron chi connectivity index (χ3n) is 7.13. The van der Waals surface area contributed by atoms with Gasteiger partial charge in [0.05, 0.1) is 29.2 Å². The van der Waals surface area contributed by atoms with Crippen LogP contribution in [0.25, 0.3) is 56.2 Å². The van der Waals surface area contributed by atoms with Gasteiger partial charge >= 0.3 is 5.97 Å². The summed E-state index contributed by atoms with van der Waals surface area (Å²) in [5.41, 5.74) is 10.2. The van der Waals surface area contributed by atoms with Crippen molar-refractivity contribution in [2.75, 3.05) is 0 Å². The molecule has 5 heteroatoms. The summed E-state index contributed by atoms with van der Waals surface area (Å²) in [7, 11) is 0. The van der Waals surface area contributed by atoms with E-state index in [1.54, 1.807) is 12.4 Å². The molecule has 0 bridgehead atoms. The number of esters is 1. The first-order chi connectivity index (χ1) is 21.3. The van der Waals surface area contributed by atoms with Gasteiger partial charge in [0.15, 0.2) is 0 Å². The molecule has 3 heterocycles. The van der Waals surface area contributed by atoms with E-state index < -0.39 is 5.60 Å². The van der Waals surface area contributed by atoms with Crippen LogP contribution in [0.3, 0.4) is 0 Å². The van der Waals surface area contributed by atoms with E-state index in [2.05, 4.69) is 82.8 Å². The summed E-state index contributed by atoms with van der Waals surface area (Å²) in [6, 6.07) is 41.1. The molecule has 44 heavy (non-hydrogen) atoms. The predicted molar refractivity (Wildman–Crippen MR) is 177 cm³/mol. The van der Waals surface area contributed by atoms with Gasteiger partial charge in [-0.25, -0.2) is 4.98 Å². The van der Waals surface area contributed by atoms with Crippen LogP contribution in [0.15, 0.2) is 134 Å². The molecular formula is C39H33N3O2. The highest BCUT2D eigenvalue weighted by atomic mass is 16.6. The Bertz CT molecular complexity index is 1840. The smallest absolute Gasteiger partial charge is 0.310 e. The maximum atomic E-state index is 12.3. The molecule has 0 atom stereocenters. The minimum atomic E-state index is -0.491. The molecule has 0 saturated carbocycles. The fourth-order valence-electron chi connectivity index (χ4n) is 5.10. The lowest BCUT2D eigenvalue weighted by Gasteiger charge is -2.19. The van der Waals surface area contributed by atoms with Gasteiger partial charge in [0.1, 0.15) is 5.60 Å². The summed E-state index contributed by atoms with van der Waals surface area (Å²) in [6.45, 7) is 5.64. The third kappa shape index (κ3) is 6.96. The summed E-state index contributed by atoms with van der Waals surface area (Å²) in [6.07, 6.45) is 3.82. The van der Waals surface area contributed by atoms with Crippen molar-refractivity contribution in [1.29, 1.82) is 0 Å². The van der Waals surface area contributed by atoms with E-state index in [-0.39, 0.29) is 12.4 Å². The molecule has 0 aliphatic carbocycles. The average Bonchev–Trinajstić information content (AvgIpc) is 3.05. The highest BCUT2D eigenvalue weighted by molar-refractivity contribution is 5.80. The van der Waals surface area contributed by atoms with Gasteiger partial charge in [-0.3, -0.25) is 14.8 Å². The van der Waals surface area contributed by atoms with Crippen LogP contribution in [-0.4, -0.2) is 26.5 Å². The van der Waals surface area contributed by atoms with Gasteiger partial charge in [-0.1, -0.05) is 72.8 Å². The molecule has 216 valence electrons. The lowest BCUT2D eigenvalue weighted by Crippen LogP contribution is -2.24. The van der Waals surface area contributed by atoms with Crippen LogP contribution in [0.5, 0.6) is 0 Å². The Kier molecular flexibility index (Phi) is 8.11. The lowest BCUT2D eigenvalue weighted by molar-refractivity contribution is -0.153. The molecule has 0 aliphatic heterocycles. The molecule has 6 rings (SSSR count). The first-order valence-electron chi connectivity index (χ1n) is 14.7. The molecule has 5 nitrogen and oxygen atoms in total. The Morgan fingerprint density at radius 1 is 0.545 bits per heavy atom. The number of hydrogen-bond donors (Lipinski definition) is 0. The quantitative estimate of drug-likeness (QED) is 0.178. The number of hydrogen-bond acceptors (Lipinski definition) is 5. The molecule has 3 aromatic carbocycles. The number of ether oxygens (including phenoxy) is 1. The number of nitrogens with zero attached hydrogens (tertiary/aromatic N) is 3. The summed E-state index contributed by atoms with van der Waals surface area (Å²) in [5.74, 6) is -0.222. The lowest BCUT2D eigenvalue weighted by atomic mass is 9.95. The van der Waals surface area contributed by atoms with Crippen LogP contribution in [0, 0.1) is 0 Å². The largest absolute Gasteiger partial charge is 0.460 e. The number of pyridine rings is 3. The normalized spacial score (nSPS) is 11.2. The van der Waals surface area contributed by atoms with Crippen molar-refractivity contribution in [3.8, 4) is 56.2 Å². The van der Waals surface area contributed by atoms with E-state index in [0.717, 1.165) is 61.7 Å². The van der Waals surface area contributed by atoms with Crippen LogP contribution in [0.2, 0.25) is 0 Å². The van der Waals surface area contributed by atoms with E-state index in [0.29, 0.717) is 0 Å². The highest BCUT2D eigenvalue weighted by Crippen LogP contribution is 2.33. The predicted octanol–water partition coefficient (Wildman–Crippen LogP) is 9.09. The minimum Gasteiger partial charge on any atom is -0.460 e. The molecule has 0 N–H and O–H groups in total. The van der Waals surface area contributed by atoms with Crippen LogP contribution >= 0.6 is 0 Å². The molecular weight excluding hydrogens is 542 g/mol. The monoisotopic (exact) mass is 575 g/mol. The summed E-state index contributed by atoms with van der Waals surface area (Å²) >= 11 is 0. The van der Waals surface area contributed by atoms with Crippen LogP contribution in [-0.2, 0) is 16.0 Å². The fourth-order valence-corrected chi connectivity index (χ4v) is 5.10. The van der Waals surface area contributed by atoms with Crippen molar-refractivity contribution in [2.24, 2.45) is 0 Å². The highest BCUT2D eigenvalue weighted by Gasteiger charge is 2.16. The van der Waals surface area contributed by atoms with Gasteiger partial charge in [-0.05, 0) is 108 Å². The van der Waals surface area contributed by atoms with E-state index in [1.807, 2.05) is 69.3 Å². The molecule has 0 aliphatic rings. The average molecular weight is 576 g/mol. The number of rotatable bonds is 7. The Hall–Kier alpha value is -5.42. The van der Waals surface area contributed by atoms with Crippen LogP contribution in [0.4, 0.5) is 0 Å². The molecule has 0 spiro atoms. The molecule has 3 aromatic heterocycles. The van der Waals surface area contributed by atoms with Gasteiger partial charge in [0, 0.05) is 12.4 Å². The van der Waals surface area contributed by atoms with Crippen molar-refractivity contribution < 1.29 is 9.53 Å². The Labute approximate surface area is 258 Å². The zero-order valence-electron chi connectivity index (χ0n) is 25.1. The second-order valence-electron chi connectivity index (χ2n) is 11.7. The number of carbonyl (C=O) groups is 1. The standard InChI is InChI=1S/C39H33N3O2/c1-39(2,3)44-38(43)22-27-16-18-28(19-17-27)29-10-8-11-30(23-29)31-12-9-13-32(24-31)33-25-36(34-14-4-6-20-40-34)42-37(26-33)35-15-5-7-21-41-35/h4-21,23-26H,22H2,1-3H3. The first kappa shape index (κ1) is 28.7. The number of carbonyl (C=O) groups excluding carboxylic acids is 1. The van der Waals surface area contributed by atoms with Crippen LogP contribution in [0.1, 0.15) is 26.3 Å².